The van der Waals surface area contributed by atoms with Crippen LogP contribution >= 0.6 is 0 Å². The van der Waals surface area contributed by atoms with Crippen molar-refractivity contribution < 1.29 is 0 Å². The second kappa shape index (κ2) is 4.75. The fourth-order valence-electron chi connectivity index (χ4n) is 3.81. The molecule has 0 fully saturated rings. The lowest BCUT2D eigenvalue weighted by Crippen LogP contribution is -2.29. The molecule has 0 saturated carbocycles. The lowest BCUT2D eigenvalue weighted by atomic mass is 9.71. The van der Waals surface area contributed by atoms with Crippen LogP contribution in [0.15, 0.2) is 42.5 Å². The van der Waals surface area contributed by atoms with Gasteiger partial charge in [0.05, 0.1) is 0 Å². The average Bonchev–Trinajstić information content (AvgIpc) is 2.48. The third kappa shape index (κ3) is 1.89. The summed E-state index contributed by atoms with van der Waals surface area (Å²) in [5.41, 5.74) is 13.9. The second-order valence-corrected chi connectivity index (χ2v) is 6.27. The number of fused-ring (bicyclic) bond motifs is 2. The predicted molar refractivity (Wildman–Crippen MR) is 82.9 cm³/mol. The lowest BCUT2D eigenvalue weighted by Gasteiger charge is -2.35. The Morgan fingerprint density at radius 1 is 0.900 bits per heavy atom. The van der Waals surface area contributed by atoms with E-state index in [0.29, 0.717) is 5.92 Å². The normalized spacial score (nSPS) is 21.6. The maximum atomic E-state index is 6.55. The predicted octanol–water partition coefficient (Wildman–Crippen LogP) is 3.91. The molecule has 2 unspecified atom stereocenters. The van der Waals surface area contributed by atoms with E-state index in [1.165, 1.54) is 47.9 Å². The second-order valence-electron chi connectivity index (χ2n) is 6.27. The van der Waals surface area contributed by atoms with Gasteiger partial charge in [-0.3, -0.25) is 0 Å². The first-order chi connectivity index (χ1) is 9.83. The van der Waals surface area contributed by atoms with Crippen molar-refractivity contribution in [3.8, 4) is 0 Å². The molecule has 2 aliphatic rings. The molecular formula is C19H21N. The first-order valence-electron chi connectivity index (χ1n) is 7.78. The largest absolute Gasteiger partial charge is 0.323 e. The van der Waals surface area contributed by atoms with Gasteiger partial charge in [-0.1, -0.05) is 42.5 Å². The topological polar surface area (TPSA) is 26.0 Å². The highest BCUT2D eigenvalue weighted by Gasteiger charge is 2.31. The van der Waals surface area contributed by atoms with Crippen LogP contribution in [0.25, 0.3) is 0 Å². The summed E-state index contributed by atoms with van der Waals surface area (Å²) in [7, 11) is 0. The van der Waals surface area contributed by atoms with Gasteiger partial charge in [-0.05, 0) is 59.9 Å². The van der Waals surface area contributed by atoms with Crippen LogP contribution in [0.1, 0.15) is 52.6 Å². The van der Waals surface area contributed by atoms with E-state index in [4.69, 9.17) is 5.73 Å². The van der Waals surface area contributed by atoms with Gasteiger partial charge < -0.3 is 5.73 Å². The van der Waals surface area contributed by atoms with Crippen LogP contribution in [0.5, 0.6) is 0 Å². The van der Waals surface area contributed by atoms with Crippen LogP contribution in [0.3, 0.4) is 0 Å². The van der Waals surface area contributed by atoms with Gasteiger partial charge in [0.15, 0.2) is 0 Å². The minimum atomic E-state index is 0.150. The summed E-state index contributed by atoms with van der Waals surface area (Å²) < 4.78 is 0. The highest BCUT2D eigenvalue weighted by Crippen LogP contribution is 2.42. The van der Waals surface area contributed by atoms with E-state index in [1.807, 2.05) is 0 Å². The molecule has 0 heterocycles. The van der Waals surface area contributed by atoms with Gasteiger partial charge >= 0.3 is 0 Å². The van der Waals surface area contributed by atoms with Crippen LogP contribution in [0.4, 0.5) is 0 Å². The third-order valence-electron chi connectivity index (χ3n) is 5.09. The summed E-state index contributed by atoms with van der Waals surface area (Å²) >= 11 is 0. The van der Waals surface area contributed by atoms with Crippen LogP contribution < -0.4 is 5.73 Å². The van der Waals surface area contributed by atoms with E-state index in [0.717, 1.165) is 6.42 Å². The van der Waals surface area contributed by atoms with E-state index in [2.05, 4.69) is 42.5 Å². The summed E-state index contributed by atoms with van der Waals surface area (Å²) in [5.74, 6) is 0.507. The number of rotatable bonds is 2. The monoisotopic (exact) mass is 263 g/mol. The van der Waals surface area contributed by atoms with Gasteiger partial charge in [-0.15, -0.1) is 0 Å². The van der Waals surface area contributed by atoms with Crippen molar-refractivity contribution >= 4 is 0 Å². The van der Waals surface area contributed by atoms with E-state index in [-0.39, 0.29) is 6.04 Å². The van der Waals surface area contributed by atoms with Crippen molar-refractivity contribution in [2.75, 3.05) is 0 Å². The number of aryl methyl sites for hydroxylation is 2. The zero-order valence-corrected chi connectivity index (χ0v) is 11.8. The Labute approximate surface area is 120 Å². The van der Waals surface area contributed by atoms with E-state index in [9.17, 15) is 0 Å². The molecule has 2 aliphatic carbocycles. The zero-order chi connectivity index (χ0) is 13.5. The molecule has 0 amide bonds. The van der Waals surface area contributed by atoms with Gasteiger partial charge in [-0.25, -0.2) is 0 Å². The van der Waals surface area contributed by atoms with Crippen molar-refractivity contribution in [2.45, 2.75) is 44.1 Å². The van der Waals surface area contributed by atoms with Gasteiger partial charge in [0.2, 0.25) is 0 Å². The van der Waals surface area contributed by atoms with Gasteiger partial charge in [0, 0.05) is 12.0 Å². The Kier molecular flexibility index (Phi) is 2.89. The molecule has 102 valence electrons. The first-order valence-corrected chi connectivity index (χ1v) is 7.78. The molecule has 4 rings (SSSR count). The molecule has 2 aromatic rings. The molecule has 2 atom stereocenters. The molecule has 0 radical (unpaired) electrons. The maximum Gasteiger partial charge on any atom is 0.0367 e. The number of hydrogen-bond donors (Lipinski definition) is 1. The minimum Gasteiger partial charge on any atom is -0.323 e. The molecule has 1 nitrogen and oxygen atoms in total. The highest BCUT2D eigenvalue weighted by molar-refractivity contribution is 5.44. The summed E-state index contributed by atoms with van der Waals surface area (Å²) in [5, 5.41) is 0. The standard InChI is InChI=1S/C19H21N/c20-19(18-12-15-7-3-4-8-17(15)18)16-10-9-13-5-1-2-6-14(13)11-16/h3-4,7-11,18-19H,1-2,5-6,12,20H2. The summed E-state index contributed by atoms with van der Waals surface area (Å²) in [4.78, 5) is 0. The number of hydrogen-bond acceptors (Lipinski definition) is 1. The first kappa shape index (κ1) is 12.2. The molecule has 20 heavy (non-hydrogen) atoms. The van der Waals surface area contributed by atoms with Crippen molar-refractivity contribution in [1.82, 2.24) is 0 Å². The smallest absolute Gasteiger partial charge is 0.0367 e. The zero-order valence-electron chi connectivity index (χ0n) is 11.8. The number of nitrogens with two attached hydrogens (primary N) is 1. The molecule has 1 heteroatoms. The summed E-state index contributed by atoms with van der Waals surface area (Å²) in [6.45, 7) is 0. The van der Waals surface area contributed by atoms with Crippen LogP contribution in [-0.4, -0.2) is 0 Å². The van der Waals surface area contributed by atoms with E-state index in [1.54, 1.807) is 5.56 Å². The molecule has 0 spiro atoms. The summed E-state index contributed by atoms with van der Waals surface area (Å²) in [6.07, 6.45) is 6.29. The fourth-order valence-corrected chi connectivity index (χ4v) is 3.81. The van der Waals surface area contributed by atoms with Crippen molar-refractivity contribution in [1.29, 1.82) is 0 Å². The maximum absolute atomic E-state index is 6.55. The lowest BCUT2D eigenvalue weighted by molar-refractivity contribution is 0.499. The van der Waals surface area contributed by atoms with Gasteiger partial charge in [0.1, 0.15) is 0 Å². The SMILES string of the molecule is NC(c1ccc2c(c1)CCCC2)C1Cc2ccccc21. The Morgan fingerprint density at radius 2 is 1.70 bits per heavy atom. The average molecular weight is 263 g/mol. The van der Waals surface area contributed by atoms with Crippen molar-refractivity contribution in [3.05, 3.63) is 70.3 Å². The molecule has 0 bridgehead atoms. The fraction of sp³-hybridized carbons (Fsp3) is 0.368. The Bertz CT molecular complexity index is 644. The number of benzene rings is 2. The quantitative estimate of drug-likeness (QED) is 0.873. The molecule has 0 saturated heterocycles. The van der Waals surface area contributed by atoms with Crippen molar-refractivity contribution in [3.63, 3.8) is 0 Å². The molecule has 2 aromatic carbocycles. The summed E-state index contributed by atoms with van der Waals surface area (Å²) in [6, 6.07) is 15.8. The van der Waals surface area contributed by atoms with E-state index < -0.39 is 0 Å². The van der Waals surface area contributed by atoms with Crippen LogP contribution in [-0.2, 0) is 19.3 Å². The van der Waals surface area contributed by atoms with Gasteiger partial charge in [0.25, 0.3) is 0 Å². The highest BCUT2D eigenvalue weighted by atomic mass is 14.7. The molecule has 0 aliphatic heterocycles. The third-order valence-corrected chi connectivity index (χ3v) is 5.09. The minimum absolute atomic E-state index is 0.150. The Balaban J connectivity index is 1.62. The van der Waals surface area contributed by atoms with Crippen LogP contribution in [0, 0.1) is 0 Å². The van der Waals surface area contributed by atoms with Gasteiger partial charge in [-0.2, -0.15) is 0 Å². The van der Waals surface area contributed by atoms with E-state index >= 15 is 0 Å². The molecule has 0 aromatic heterocycles. The Morgan fingerprint density at radius 3 is 2.55 bits per heavy atom. The Hall–Kier alpha value is -1.60. The van der Waals surface area contributed by atoms with Crippen molar-refractivity contribution in [2.24, 2.45) is 5.73 Å². The molecular weight excluding hydrogens is 242 g/mol. The van der Waals surface area contributed by atoms with Crippen LogP contribution in [0.2, 0.25) is 0 Å². The molecule has 2 N–H and O–H groups in total.